The first-order valence-corrected chi connectivity index (χ1v) is 4.74. The van der Waals surface area contributed by atoms with Gasteiger partial charge in [-0.15, -0.1) is 0 Å². The highest BCUT2D eigenvalue weighted by Gasteiger charge is 2.14. The third-order valence-corrected chi connectivity index (χ3v) is 2.02. The Bertz CT molecular complexity index is 282. The lowest BCUT2D eigenvalue weighted by Gasteiger charge is -2.12. The summed E-state index contributed by atoms with van der Waals surface area (Å²) in [5.74, 6) is -0.180. The molecule has 1 amide bonds. The molecule has 1 aromatic rings. The summed E-state index contributed by atoms with van der Waals surface area (Å²) >= 11 is 0. The number of methoxy groups -OCH3 is 1. The zero-order valence-corrected chi connectivity index (χ0v) is 8.72. The van der Waals surface area contributed by atoms with E-state index in [1.807, 2.05) is 10.8 Å². The lowest BCUT2D eigenvalue weighted by Crippen LogP contribution is -2.41. The molecule has 6 heteroatoms. The number of amides is 1. The van der Waals surface area contributed by atoms with Crippen molar-refractivity contribution in [1.29, 1.82) is 0 Å². The molecule has 0 aliphatic rings. The molecule has 0 aliphatic carbocycles. The molecule has 0 aromatic carbocycles. The first-order chi connectivity index (χ1) is 7.27. The Hall–Kier alpha value is -1.40. The van der Waals surface area contributed by atoms with E-state index in [1.54, 1.807) is 12.5 Å². The predicted octanol–water partition coefficient (Wildman–Crippen LogP) is -1.03. The normalized spacial score (nSPS) is 12.4. The molecule has 1 rings (SSSR count). The molecular formula is C9H16N4O2. The van der Waals surface area contributed by atoms with E-state index in [0.29, 0.717) is 13.1 Å². The van der Waals surface area contributed by atoms with Crippen molar-refractivity contribution in [2.45, 2.75) is 12.6 Å². The topological polar surface area (TPSA) is 82.2 Å². The van der Waals surface area contributed by atoms with Crippen LogP contribution in [0.15, 0.2) is 18.7 Å². The fourth-order valence-electron chi connectivity index (χ4n) is 1.15. The Kier molecular flexibility index (Phi) is 4.79. The number of imidazole rings is 1. The van der Waals surface area contributed by atoms with Crippen molar-refractivity contribution in [3.63, 3.8) is 0 Å². The summed E-state index contributed by atoms with van der Waals surface area (Å²) in [5, 5.41) is 2.73. The highest BCUT2D eigenvalue weighted by molar-refractivity contribution is 5.80. The SMILES string of the molecule is COC(CN)C(=O)NCCn1ccnc1. The second kappa shape index (κ2) is 6.15. The standard InChI is InChI=1S/C9H16N4O2/c1-15-8(6-10)9(14)12-3-5-13-4-2-11-7-13/h2,4,7-8H,3,5-6,10H2,1H3,(H,12,14). The molecular weight excluding hydrogens is 196 g/mol. The van der Waals surface area contributed by atoms with E-state index in [1.165, 1.54) is 7.11 Å². The average Bonchev–Trinajstić information content (AvgIpc) is 2.72. The fourth-order valence-corrected chi connectivity index (χ4v) is 1.15. The molecule has 6 nitrogen and oxygen atoms in total. The monoisotopic (exact) mass is 212 g/mol. The maximum absolute atomic E-state index is 11.4. The number of nitrogens with two attached hydrogens (primary N) is 1. The number of nitrogens with one attached hydrogen (secondary N) is 1. The number of hydrogen-bond acceptors (Lipinski definition) is 4. The van der Waals surface area contributed by atoms with E-state index >= 15 is 0 Å². The Morgan fingerprint density at radius 3 is 3.07 bits per heavy atom. The highest BCUT2D eigenvalue weighted by atomic mass is 16.5. The van der Waals surface area contributed by atoms with Gasteiger partial charge in [0.2, 0.25) is 0 Å². The zero-order valence-electron chi connectivity index (χ0n) is 8.72. The van der Waals surface area contributed by atoms with Crippen LogP contribution in [0.1, 0.15) is 0 Å². The molecule has 1 heterocycles. The van der Waals surface area contributed by atoms with Crippen LogP contribution < -0.4 is 11.1 Å². The van der Waals surface area contributed by atoms with Crippen LogP contribution in [-0.2, 0) is 16.1 Å². The molecule has 3 N–H and O–H groups in total. The molecule has 0 bridgehead atoms. The third-order valence-electron chi connectivity index (χ3n) is 2.02. The van der Waals surface area contributed by atoms with Gasteiger partial charge in [-0.2, -0.15) is 0 Å². The number of aromatic nitrogens is 2. The van der Waals surface area contributed by atoms with Gasteiger partial charge in [0.25, 0.3) is 5.91 Å². The Balaban J connectivity index is 2.22. The Labute approximate surface area is 88.4 Å². The van der Waals surface area contributed by atoms with Gasteiger partial charge in [0.15, 0.2) is 0 Å². The highest BCUT2D eigenvalue weighted by Crippen LogP contribution is 1.88. The summed E-state index contributed by atoms with van der Waals surface area (Å²) in [4.78, 5) is 15.3. The van der Waals surface area contributed by atoms with Crippen molar-refractivity contribution in [3.8, 4) is 0 Å². The quantitative estimate of drug-likeness (QED) is 0.632. The zero-order chi connectivity index (χ0) is 11.1. The van der Waals surface area contributed by atoms with Crippen molar-refractivity contribution in [2.24, 2.45) is 5.73 Å². The first kappa shape index (κ1) is 11.7. The first-order valence-electron chi connectivity index (χ1n) is 4.74. The molecule has 0 saturated heterocycles. The molecule has 0 saturated carbocycles. The molecule has 0 radical (unpaired) electrons. The predicted molar refractivity (Wildman–Crippen MR) is 55.1 cm³/mol. The van der Waals surface area contributed by atoms with E-state index < -0.39 is 6.10 Å². The van der Waals surface area contributed by atoms with Crippen LogP contribution in [0.5, 0.6) is 0 Å². The van der Waals surface area contributed by atoms with Crippen LogP contribution in [0.4, 0.5) is 0 Å². The number of carbonyl (C=O) groups excluding carboxylic acids is 1. The van der Waals surface area contributed by atoms with Crippen molar-refractivity contribution >= 4 is 5.91 Å². The average molecular weight is 212 g/mol. The second-order valence-corrected chi connectivity index (χ2v) is 3.05. The molecule has 0 aliphatic heterocycles. The summed E-state index contributed by atoms with van der Waals surface area (Å²) in [6, 6.07) is 0. The van der Waals surface area contributed by atoms with Gasteiger partial charge in [-0.1, -0.05) is 0 Å². The van der Waals surface area contributed by atoms with Crippen LogP contribution >= 0.6 is 0 Å². The van der Waals surface area contributed by atoms with Gasteiger partial charge in [0, 0.05) is 39.1 Å². The molecule has 1 atom stereocenters. The van der Waals surface area contributed by atoms with E-state index in [2.05, 4.69) is 10.3 Å². The van der Waals surface area contributed by atoms with Gasteiger partial charge in [-0.25, -0.2) is 4.98 Å². The largest absolute Gasteiger partial charge is 0.370 e. The van der Waals surface area contributed by atoms with Gasteiger partial charge in [-0.05, 0) is 0 Å². The number of carbonyl (C=O) groups is 1. The van der Waals surface area contributed by atoms with Crippen molar-refractivity contribution < 1.29 is 9.53 Å². The summed E-state index contributed by atoms with van der Waals surface area (Å²) < 4.78 is 6.77. The third kappa shape index (κ3) is 3.69. The van der Waals surface area contributed by atoms with Crippen LogP contribution in [0.25, 0.3) is 0 Å². The lowest BCUT2D eigenvalue weighted by molar-refractivity contribution is -0.130. The maximum atomic E-state index is 11.4. The minimum absolute atomic E-state index is 0.180. The fraction of sp³-hybridized carbons (Fsp3) is 0.556. The summed E-state index contributed by atoms with van der Waals surface area (Å²) in [7, 11) is 1.47. The molecule has 1 unspecified atom stereocenters. The van der Waals surface area contributed by atoms with Crippen molar-refractivity contribution in [1.82, 2.24) is 14.9 Å². The minimum Gasteiger partial charge on any atom is -0.370 e. The number of nitrogens with zero attached hydrogens (tertiary/aromatic N) is 2. The van der Waals surface area contributed by atoms with Gasteiger partial charge in [0.1, 0.15) is 6.10 Å². The second-order valence-electron chi connectivity index (χ2n) is 3.05. The summed E-state index contributed by atoms with van der Waals surface area (Å²) in [6.45, 7) is 1.41. The van der Waals surface area contributed by atoms with Gasteiger partial charge >= 0.3 is 0 Å². The summed E-state index contributed by atoms with van der Waals surface area (Å²) in [6.07, 6.45) is 4.67. The Morgan fingerprint density at radius 1 is 1.73 bits per heavy atom. The molecule has 0 fully saturated rings. The van der Waals surface area contributed by atoms with Crippen molar-refractivity contribution in [2.75, 3.05) is 20.2 Å². The number of ether oxygens (including phenoxy) is 1. The van der Waals surface area contributed by atoms with E-state index in [0.717, 1.165) is 0 Å². The minimum atomic E-state index is -0.562. The maximum Gasteiger partial charge on any atom is 0.250 e. The van der Waals surface area contributed by atoms with E-state index in [-0.39, 0.29) is 12.5 Å². The summed E-state index contributed by atoms with van der Waals surface area (Å²) in [5.41, 5.74) is 5.35. The smallest absolute Gasteiger partial charge is 0.250 e. The van der Waals surface area contributed by atoms with E-state index in [4.69, 9.17) is 10.5 Å². The van der Waals surface area contributed by atoms with Crippen LogP contribution in [-0.4, -0.2) is 41.8 Å². The van der Waals surface area contributed by atoms with Gasteiger partial charge < -0.3 is 20.4 Å². The van der Waals surface area contributed by atoms with Crippen LogP contribution in [0.3, 0.4) is 0 Å². The number of hydrogen-bond donors (Lipinski definition) is 2. The molecule has 0 spiro atoms. The Morgan fingerprint density at radius 2 is 2.53 bits per heavy atom. The van der Waals surface area contributed by atoms with Gasteiger partial charge in [0.05, 0.1) is 6.33 Å². The van der Waals surface area contributed by atoms with Crippen LogP contribution in [0, 0.1) is 0 Å². The van der Waals surface area contributed by atoms with E-state index in [9.17, 15) is 4.79 Å². The molecule has 15 heavy (non-hydrogen) atoms. The molecule has 1 aromatic heterocycles. The van der Waals surface area contributed by atoms with Crippen molar-refractivity contribution in [3.05, 3.63) is 18.7 Å². The molecule has 84 valence electrons. The van der Waals surface area contributed by atoms with Crippen LogP contribution in [0.2, 0.25) is 0 Å². The number of rotatable bonds is 6. The van der Waals surface area contributed by atoms with Gasteiger partial charge in [-0.3, -0.25) is 4.79 Å². The lowest BCUT2D eigenvalue weighted by atomic mass is 10.3.